The molecule has 190 valence electrons. The first kappa shape index (κ1) is 26.5. The number of benzene rings is 2. The number of ether oxygens (including phenoxy) is 1. The van der Waals surface area contributed by atoms with Gasteiger partial charge in [-0.1, -0.05) is 74.9 Å². The molecule has 2 aromatic carbocycles. The summed E-state index contributed by atoms with van der Waals surface area (Å²) in [6.45, 7) is 3.76. The predicted octanol–water partition coefficient (Wildman–Crippen LogP) is 3.11. The van der Waals surface area contributed by atoms with Crippen LogP contribution in [0.4, 0.5) is 11.5 Å². The number of nitrogens with one attached hydrogen (secondary N) is 1. The van der Waals surface area contributed by atoms with Gasteiger partial charge >= 0.3 is 11.7 Å². The van der Waals surface area contributed by atoms with Crippen molar-refractivity contribution in [3.63, 3.8) is 0 Å². The molecule has 0 fully saturated rings. The Hall–Kier alpha value is -4.14. The minimum Gasteiger partial charge on any atom is -0.455 e. The lowest BCUT2D eigenvalue weighted by atomic mass is 10.0. The third kappa shape index (κ3) is 6.50. The number of hydrogen-bond donors (Lipinski definition) is 2. The Kier molecular flexibility index (Phi) is 9.21. The van der Waals surface area contributed by atoms with E-state index in [0.717, 1.165) is 23.1 Å². The van der Waals surface area contributed by atoms with E-state index in [2.05, 4.69) is 4.98 Å². The summed E-state index contributed by atoms with van der Waals surface area (Å²) in [5, 5.41) is 0. The fourth-order valence-corrected chi connectivity index (χ4v) is 3.84. The summed E-state index contributed by atoms with van der Waals surface area (Å²) in [5.41, 5.74) is 7.51. The van der Waals surface area contributed by atoms with Crippen molar-refractivity contribution < 1.29 is 14.3 Å². The number of hydrogen-bond acceptors (Lipinski definition) is 6. The molecule has 0 spiro atoms. The van der Waals surface area contributed by atoms with E-state index in [9.17, 15) is 19.2 Å². The number of nitrogens with zero attached hydrogens (tertiary/aromatic N) is 2. The second-order valence-electron chi connectivity index (χ2n) is 8.44. The van der Waals surface area contributed by atoms with Crippen LogP contribution >= 0.6 is 0 Å². The highest BCUT2D eigenvalue weighted by Crippen LogP contribution is 2.20. The molecule has 0 radical (unpaired) electrons. The first-order chi connectivity index (χ1) is 17.3. The maximum atomic E-state index is 13.0. The molecular weight excluding hydrogens is 460 g/mol. The molecule has 0 aliphatic carbocycles. The molecule has 9 heteroatoms. The zero-order valence-electron chi connectivity index (χ0n) is 20.7. The number of rotatable bonds is 11. The second-order valence-corrected chi connectivity index (χ2v) is 8.44. The Balaban J connectivity index is 1.70. The van der Waals surface area contributed by atoms with Crippen LogP contribution in [0, 0.1) is 0 Å². The van der Waals surface area contributed by atoms with Crippen LogP contribution in [-0.4, -0.2) is 34.6 Å². The number of nitrogen functional groups attached to an aromatic ring is 1. The van der Waals surface area contributed by atoms with Crippen LogP contribution in [-0.2, 0) is 27.3 Å². The van der Waals surface area contributed by atoms with Crippen molar-refractivity contribution in [3.05, 3.63) is 81.0 Å². The van der Waals surface area contributed by atoms with Gasteiger partial charge in [-0.2, -0.15) is 0 Å². The van der Waals surface area contributed by atoms with E-state index in [0.29, 0.717) is 19.4 Å². The average Bonchev–Trinajstić information content (AvgIpc) is 2.88. The van der Waals surface area contributed by atoms with Crippen LogP contribution in [0.15, 0.2) is 64.2 Å². The minimum atomic E-state index is -0.751. The van der Waals surface area contributed by atoms with Crippen molar-refractivity contribution in [2.24, 2.45) is 0 Å². The van der Waals surface area contributed by atoms with Crippen LogP contribution in [0.2, 0.25) is 0 Å². The third-order valence-corrected chi connectivity index (χ3v) is 5.73. The van der Waals surface area contributed by atoms with E-state index in [1.54, 1.807) is 0 Å². The summed E-state index contributed by atoms with van der Waals surface area (Å²) in [4.78, 5) is 53.6. The number of amides is 1. The van der Waals surface area contributed by atoms with E-state index >= 15 is 0 Å². The number of nitrogens with two attached hydrogens (primary N) is 1. The van der Waals surface area contributed by atoms with Gasteiger partial charge in [-0.3, -0.25) is 23.9 Å². The molecule has 0 aliphatic rings. The van der Waals surface area contributed by atoms with E-state index < -0.39 is 29.7 Å². The highest BCUT2D eigenvalue weighted by Gasteiger charge is 2.24. The zero-order chi connectivity index (χ0) is 26.1. The molecule has 0 bridgehead atoms. The number of esters is 1. The molecule has 0 saturated carbocycles. The number of aromatic amines is 1. The smallest absolute Gasteiger partial charge is 0.330 e. The largest absolute Gasteiger partial charge is 0.455 e. The van der Waals surface area contributed by atoms with Crippen LogP contribution in [0.3, 0.4) is 0 Å². The Morgan fingerprint density at radius 2 is 1.64 bits per heavy atom. The van der Waals surface area contributed by atoms with Gasteiger partial charge in [0.25, 0.3) is 11.5 Å². The summed E-state index contributed by atoms with van der Waals surface area (Å²) in [6.07, 6.45) is 1.97. The molecule has 1 heterocycles. The van der Waals surface area contributed by atoms with Crippen LogP contribution in [0.5, 0.6) is 0 Å². The standard InChI is InChI=1S/C27H32N4O5/c1-3-5-16-30(24-25(28)31(15-4-2)27(35)29-26(24)34)22(32)18-36-23(33)17-19-11-13-21(14-12-19)20-9-7-6-8-10-20/h6-14H,3-5,15-18,28H2,1-2H3,(H,29,34,35). The number of aromatic nitrogens is 2. The van der Waals surface area contributed by atoms with Gasteiger partial charge in [0.15, 0.2) is 12.3 Å². The molecule has 0 saturated heterocycles. The summed E-state index contributed by atoms with van der Waals surface area (Å²) in [5.74, 6) is -1.24. The van der Waals surface area contributed by atoms with Crippen molar-refractivity contribution in [2.75, 3.05) is 23.8 Å². The normalized spacial score (nSPS) is 10.7. The third-order valence-electron chi connectivity index (χ3n) is 5.73. The first-order valence-electron chi connectivity index (χ1n) is 12.1. The van der Waals surface area contributed by atoms with Crippen molar-refractivity contribution in [1.82, 2.24) is 9.55 Å². The second kappa shape index (κ2) is 12.5. The lowest BCUT2D eigenvalue weighted by Crippen LogP contribution is -2.43. The van der Waals surface area contributed by atoms with Crippen LogP contribution in [0.25, 0.3) is 11.1 Å². The highest BCUT2D eigenvalue weighted by atomic mass is 16.5. The number of carbonyl (C=O) groups is 2. The Bertz CT molecular complexity index is 1300. The monoisotopic (exact) mass is 492 g/mol. The number of anilines is 2. The average molecular weight is 493 g/mol. The quantitative estimate of drug-likeness (QED) is 0.396. The Morgan fingerprint density at radius 1 is 0.972 bits per heavy atom. The minimum absolute atomic E-state index is 0.00140. The van der Waals surface area contributed by atoms with Crippen molar-refractivity contribution in [3.8, 4) is 11.1 Å². The van der Waals surface area contributed by atoms with Gasteiger partial charge in [-0.05, 0) is 29.5 Å². The molecule has 1 amide bonds. The Morgan fingerprint density at radius 3 is 2.28 bits per heavy atom. The lowest BCUT2D eigenvalue weighted by Gasteiger charge is -2.24. The van der Waals surface area contributed by atoms with Crippen molar-refractivity contribution in [2.45, 2.75) is 46.1 Å². The van der Waals surface area contributed by atoms with Crippen LogP contribution in [0.1, 0.15) is 38.7 Å². The number of H-pyrrole nitrogens is 1. The molecule has 9 nitrogen and oxygen atoms in total. The topological polar surface area (TPSA) is 127 Å². The van der Waals surface area contributed by atoms with Crippen molar-refractivity contribution >= 4 is 23.4 Å². The van der Waals surface area contributed by atoms with E-state index in [4.69, 9.17) is 10.5 Å². The fourth-order valence-electron chi connectivity index (χ4n) is 3.84. The number of carbonyl (C=O) groups excluding carboxylic acids is 2. The molecular formula is C27H32N4O5. The molecule has 0 unspecified atom stereocenters. The molecule has 0 aliphatic heterocycles. The maximum absolute atomic E-state index is 13.0. The first-order valence-corrected chi connectivity index (χ1v) is 12.1. The SMILES string of the molecule is CCCCN(C(=O)COC(=O)Cc1ccc(-c2ccccc2)cc1)c1c(N)n(CCC)c(=O)[nH]c1=O. The zero-order valence-corrected chi connectivity index (χ0v) is 20.7. The summed E-state index contributed by atoms with van der Waals surface area (Å²) in [7, 11) is 0. The van der Waals surface area contributed by atoms with Gasteiger partial charge in [-0.15, -0.1) is 0 Å². The summed E-state index contributed by atoms with van der Waals surface area (Å²) < 4.78 is 6.46. The van der Waals surface area contributed by atoms with Gasteiger partial charge in [-0.25, -0.2) is 4.79 Å². The van der Waals surface area contributed by atoms with Gasteiger partial charge in [0, 0.05) is 13.1 Å². The maximum Gasteiger partial charge on any atom is 0.330 e. The molecule has 1 aromatic heterocycles. The van der Waals surface area contributed by atoms with Gasteiger partial charge in [0.1, 0.15) is 5.82 Å². The van der Waals surface area contributed by atoms with Gasteiger partial charge in [0.05, 0.1) is 6.42 Å². The Labute approximate surface area is 209 Å². The molecule has 3 rings (SSSR count). The van der Waals surface area contributed by atoms with E-state index in [1.807, 2.05) is 68.4 Å². The molecule has 3 N–H and O–H groups in total. The van der Waals surface area contributed by atoms with E-state index in [-0.39, 0.29) is 24.5 Å². The summed E-state index contributed by atoms with van der Waals surface area (Å²) >= 11 is 0. The molecule has 0 atom stereocenters. The number of unbranched alkanes of at least 4 members (excludes halogenated alkanes) is 1. The van der Waals surface area contributed by atoms with Crippen LogP contribution < -0.4 is 21.9 Å². The fraction of sp³-hybridized carbons (Fsp3) is 0.333. The highest BCUT2D eigenvalue weighted by molar-refractivity contribution is 5.97. The van der Waals surface area contributed by atoms with Gasteiger partial charge < -0.3 is 15.4 Å². The predicted molar refractivity (Wildman–Crippen MR) is 140 cm³/mol. The molecule has 36 heavy (non-hydrogen) atoms. The lowest BCUT2D eigenvalue weighted by molar-refractivity contribution is -0.147. The van der Waals surface area contributed by atoms with E-state index in [1.165, 1.54) is 9.47 Å². The molecule has 3 aromatic rings. The van der Waals surface area contributed by atoms with Gasteiger partial charge in [0.2, 0.25) is 0 Å². The summed E-state index contributed by atoms with van der Waals surface area (Å²) in [6, 6.07) is 17.4. The van der Waals surface area contributed by atoms with Crippen molar-refractivity contribution in [1.29, 1.82) is 0 Å².